The highest BCUT2D eigenvalue weighted by molar-refractivity contribution is 5.69. The monoisotopic (exact) mass is 234 g/mol. The first-order chi connectivity index (χ1) is 7.96. The third-order valence-corrected chi connectivity index (χ3v) is 2.69. The minimum atomic E-state index is -0.420. The molecule has 0 spiro atoms. The van der Waals surface area contributed by atoms with Crippen molar-refractivity contribution >= 4 is 6.09 Å². The maximum Gasteiger partial charge on any atom is 0.410 e. The fraction of sp³-hybridized carbons (Fsp3) is 0.538. The van der Waals surface area contributed by atoms with E-state index in [4.69, 9.17) is 4.74 Å². The summed E-state index contributed by atoms with van der Waals surface area (Å²) in [6.45, 7) is 7.08. The lowest BCUT2D eigenvalue weighted by Crippen LogP contribution is -2.50. The number of aromatic nitrogens is 1. The molecule has 1 fully saturated rings. The number of hydrogen-bond acceptors (Lipinski definition) is 3. The quantitative estimate of drug-likeness (QED) is 0.749. The average Bonchev–Trinajstić information content (AvgIpc) is 2.14. The van der Waals surface area contributed by atoms with E-state index in [1.807, 2.05) is 39.1 Å². The second-order valence-corrected chi connectivity index (χ2v) is 5.37. The van der Waals surface area contributed by atoms with Gasteiger partial charge in [0, 0.05) is 31.4 Å². The molecule has 1 aliphatic heterocycles. The van der Waals surface area contributed by atoms with Gasteiger partial charge in [-0.25, -0.2) is 4.79 Å². The summed E-state index contributed by atoms with van der Waals surface area (Å²) in [4.78, 5) is 17.5. The molecule has 92 valence electrons. The van der Waals surface area contributed by atoms with Crippen LogP contribution in [0.3, 0.4) is 0 Å². The molecular weight excluding hydrogens is 216 g/mol. The molecule has 1 aromatic heterocycles. The number of carbonyl (C=O) groups excluding carboxylic acids is 1. The molecule has 0 atom stereocenters. The van der Waals surface area contributed by atoms with Gasteiger partial charge in [0.25, 0.3) is 0 Å². The molecule has 4 nitrogen and oxygen atoms in total. The molecule has 0 aliphatic carbocycles. The van der Waals surface area contributed by atoms with Crippen LogP contribution in [0.1, 0.15) is 32.3 Å². The van der Waals surface area contributed by atoms with E-state index in [0.29, 0.717) is 5.92 Å². The molecule has 0 saturated carbocycles. The fourth-order valence-electron chi connectivity index (χ4n) is 1.78. The number of nitrogens with zero attached hydrogens (tertiary/aromatic N) is 2. The maximum absolute atomic E-state index is 11.7. The SMILES string of the molecule is CC(C)(C)OC(=O)N1CC(c2cccnc2)C1. The predicted molar refractivity (Wildman–Crippen MR) is 64.8 cm³/mol. The number of likely N-dealkylation sites (tertiary alicyclic amines) is 1. The summed E-state index contributed by atoms with van der Waals surface area (Å²) in [6.07, 6.45) is 3.39. The second-order valence-electron chi connectivity index (χ2n) is 5.37. The Labute approximate surface area is 102 Å². The molecule has 1 saturated heterocycles. The molecule has 1 aliphatic rings. The Kier molecular flexibility index (Phi) is 3.05. The Morgan fingerprint density at radius 1 is 1.47 bits per heavy atom. The van der Waals surface area contributed by atoms with Gasteiger partial charge in [-0.3, -0.25) is 4.98 Å². The second kappa shape index (κ2) is 4.35. The first-order valence-corrected chi connectivity index (χ1v) is 5.83. The van der Waals surface area contributed by atoms with Crippen LogP contribution in [0.5, 0.6) is 0 Å². The number of hydrogen-bond donors (Lipinski definition) is 0. The molecular formula is C13H18N2O2. The van der Waals surface area contributed by atoms with Crippen LogP contribution in [-0.2, 0) is 4.74 Å². The van der Waals surface area contributed by atoms with E-state index in [0.717, 1.165) is 13.1 Å². The third kappa shape index (κ3) is 2.96. The number of ether oxygens (including phenoxy) is 1. The zero-order chi connectivity index (χ0) is 12.5. The van der Waals surface area contributed by atoms with Crippen molar-refractivity contribution in [3.8, 4) is 0 Å². The molecule has 1 amide bonds. The first-order valence-electron chi connectivity index (χ1n) is 5.83. The summed E-state index contributed by atoms with van der Waals surface area (Å²) in [5.74, 6) is 0.399. The van der Waals surface area contributed by atoms with E-state index in [-0.39, 0.29) is 6.09 Å². The van der Waals surface area contributed by atoms with Crippen LogP contribution in [0.2, 0.25) is 0 Å². The summed E-state index contributed by atoms with van der Waals surface area (Å²) < 4.78 is 5.30. The van der Waals surface area contributed by atoms with Gasteiger partial charge in [-0.1, -0.05) is 6.07 Å². The minimum Gasteiger partial charge on any atom is -0.444 e. The molecule has 0 radical (unpaired) electrons. The molecule has 0 unspecified atom stereocenters. The molecule has 0 bridgehead atoms. The van der Waals surface area contributed by atoms with Crippen molar-refractivity contribution in [3.05, 3.63) is 30.1 Å². The molecule has 2 rings (SSSR count). The largest absolute Gasteiger partial charge is 0.444 e. The Bertz CT molecular complexity index is 392. The zero-order valence-corrected chi connectivity index (χ0v) is 10.5. The Hall–Kier alpha value is -1.58. The fourth-order valence-corrected chi connectivity index (χ4v) is 1.78. The molecule has 0 N–H and O–H groups in total. The van der Waals surface area contributed by atoms with E-state index in [2.05, 4.69) is 4.98 Å². The highest BCUT2D eigenvalue weighted by Gasteiger charge is 2.34. The number of pyridine rings is 1. The Balaban J connectivity index is 1.85. The standard InChI is InChI=1S/C13H18N2O2/c1-13(2,3)17-12(16)15-8-11(9-15)10-5-4-6-14-7-10/h4-7,11H,8-9H2,1-3H3. The average molecular weight is 234 g/mol. The molecule has 17 heavy (non-hydrogen) atoms. The topological polar surface area (TPSA) is 42.4 Å². The van der Waals surface area contributed by atoms with Crippen molar-refractivity contribution in [2.75, 3.05) is 13.1 Å². The van der Waals surface area contributed by atoms with Gasteiger partial charge in [0.15, 0.2) is 0 Å². The van der Waals surface area contributed by atoms with Crippen molar-refractivity contribution in [2.24, 2.45) is 0 Å². The van der Waals surface area contributed by atoms with Crippen LogP contribution in [0, 0.1) is 0 Å². The van der Waals surface area contributed by atoms with Gasteiger partial charge in [0.1, 0.15) is 5.60 Å². The number of rotatable bonds is 1. The van der Waals surface area contributed by atoms with Crippen LogP contribution < -0.4 is 0 Å². The lowest BCUT2D eigenvalue weighted by atomic mass is 9.93. The Morgan fingerprint density at radius 2 is 2.18 bits per heavy atom. The van der Waals surface area contributed by atoms with Crippen molar-refractivity contribution in [3.63, 3.8) is 0 Å². The normalized spacial score (nSPS) is 16.5. The molecule has 4 heteroatoms. The van der Waals surface area contributed by atoms with Crippen LogP contribution in [0.25, 0.3) is 0 Å². The van der Waals surface area contributed by atoms with Gasteiger partial charge >= 0.3 is 6.09 Å². The molecule has 0 aromatic carbocycles. The van der Waals surface area contributed by atoms with Gasteiger partial charge in [0.2, 0.25) is 0 Å². The van der Waals surface area contributed by atoms with Crippen LogP contribution in [-0.4, -0.2) is 34.7 Å². The molecule has 2 heterocycles. The highest BCUT2D eigenvalue weighted by atomic mass is 16.6. The third-order valence-electron chi connectivity index (χ3n) is 2.69. The summed E-state index contributed by atoms with van der Waals surface area (Å²) in [7, 11) is 0. The minimum absolute atomic E-state index is 0.224. The van der Waals surface area contributed by atoms with Gasteiger partial charge in [-0.05, 0) is 32.4 Å². The zero-order valence-electron chi connectivity index (χ0n) is 10.5. The van der Waals surface area contributed by atoms with E-state index in [1.165, 1.54) is 5.56 Å². The highest BCUT2D eigenvalue weighted by Crippen LogP contribution is 2.27. The van der Waals surface area contributed by atoms with Crippen molar-refractivity contribution in [1.82, 2.24) is 9.88 Å². The van der Waals surface area contributed by atoms with Crippen LogP contribution in [0.15, 0.2) is 24.5 Å². The lowest BCUT2D eigenvalue weighted by molar-refractivity contribution is 0.00817. The van der Waals surface area contributed by atoms with Gasteiger partial charge in [0.05, 0.1) is 0 Å². The van der Waals surface area contributed by atoms with E-state index in [9.17, 15) is 4.79 Å². The van der Waals surface area contributed by atoms with Gasteiger partial charge < -0.3 is 9.64 Å². The summed E-state index contributed by atoms with van der Waals surface area (Å²) in [6, 6.07) is 3.97. The van der Waals surface area contributed by atoms with Gasteiger partial charge in [-0.15, -0.1) is 0 Å². The molecule has 1 aromatic rings. The maximum atomic E-state index is 11.7. The summed E-state index contributed by atoms with van der Waals surface area (Å²) in [5, 5.41) is 0. The van der Waals surface area contributed by atoms with Gasteiger partial charge in [-0.2, -0.15) is 0 Å². The van der Waals surface area contributed by atoms with Crippen molar-refractivity contribution in [2.45, 2.75) is 32.3 Å². The number of amides is 1. The smallest absolute Gasteiger partial charge is 0.410 e. The summed E-state index contributed by atoms with van der Waals surface area (Å²) in [5.41, 5.74) is 0.767. The summed E-state index contributed by atoms with van der Waals surface area (Å²) >= 11 is 0. The Morgan fingerprint density at radius 3 is 2.71 bits per heavy atom. The van der Waals surface area contributed by atoms with Crippen molar-refractivity contribution in [1.29, 1.82) is 0 Å². The van der Waals surface area contributed by atoms with Crippen LogP contribution >= 0.6 is 0 Å². The van der Waals surface area contributed by atoms with E-state index < -0.39 is 5.60 Å². The lowest BCUT2D eigenvalue weighted by Gasteiger charge is -2.39. The van der Waals surface area contributed by atoms with E-state index in [1.54, 1.807) is 11.1 Å². The number of carbonyl (C=O) groups is 1. The first kappa shape index (κ1) is 11.9. The van der Waals surface area contributed by atoms with Crippen LogP contribution in [0.4, 0.5) is 4.79 Å². The van der Waals surface area contributed by atoms with E-state index >= 15 is 0 Å². The predicted octanol–water partition coefficient (Wildman–Crippen LogP) is 2.42. The van der Waals surface area contributed by atoms with Crippen molar-refractivity contribution < 1.29 is 9.53 Å².